The molecule has 0 unspecified atom stereocenters. The molecule has 0 atom stereocenters. The van der Waals surface area contributed by atoms with Gasteiger partial charge in [-0.3, -0.25) is 10.1 Å². The number of primary sulfonamides is 1. The van der Waals surface area contributed by atoms with Gasteiger partial charge in [0.05, 0.1) is 16.7 Å². The summed E-state index contributed by atoms with van der Waals surface area (Å²) in [6.45, 7) is 0. The van der Waals surface area contributed by atoms with Crippen LogP contribution in [-0.4, -0.2) is 24.8 Å². The van der Waals surface area contributed by atoms with Gasteiger partial charge in [-0.15, -0.1) is 11.8 Å². The zero-order valence-corrected chi connectivity index (χ0v) is 10.1. The van der Waals surface area contributed by atoms with E-state index in [1.54, 1.807) is 0 Å². The second-order valence-corrected chi connectivity index (χ2v) is 5.96. The van der Waals surface area contributed by atoms with Crippen LogP contribution in [0.2, 0.25) is 0 Å². The highest BCUT2D eigenvalue weighted by atomic mass is 32.2. The Hall–Kier alpha value is -1.19. The van der Waals surface area contributed by atoms with Crippen LogP contribution in [0.15, 0.2) is 23.1 Å². The lowest BCUT2D eigenvalue weighted by atomic mass is 10.3. The van der Waals surface area contributed by atoms with Gasteiger partial charge in [-0.2, -0.15) is 0 Å². The molecule has 94 valence electrons. The Balaban J connectivity index is 2.70. The van der Waals surface area contributed by atoms with Gasteiger partial charge in [0.2, 0.25) is 10.0 Å². The third-order valence-corrected chi connectivity index (χ3v) is 3.83. The summed E-state index contributed by atoms with van der Waals surface area (Å²) in [6, 6.07) is 3.18. The second-order valence-electron chi connectivity index (χ2n) is 3.09. The molecule has 1 aromatic carbocycles. The lowest BCUT2D eigenvalue weighted by Crippen LogP contribution is -2.17. The molecule has 1 aromatic rings. The molecule has 1 rings (SSSR count). The minimum Gasteiger partial charge on any atom is -0.258 e. The summed E-state index contributed by atoms with van der Waals surface area (Å²) in [5.41, 5.74) is -0.349. The zero-order valence-electron chi connectivity index (χ0n) is 8.50. The van der Waals surface area contributed by atoms with Crippen LogP contribution in [0.25, 0.3) is 0 Å². The first-order valence-corrected chi connectivity index (χ1v) is 7.07. The van der Waals surface area contributed by atoms with Crippen molar-refractivity contribution in [2.75, 3.05) is 11.5 Å². The predicted molar refractivity (Wildman–Crippen MR) is 61.8 cm³/mol. The highest BCUT2D eigenvalue weighted by Gasteiger charge is 2.11. The number of nitro benzene ring substituents is 1. The van der Waals surface area contributed by atoms with Crippen molar-refractivity contribution in [3.05, 3.63) is 34.1 Å². The van der Waals surface area contributed by atoms with Crippen molar-refractivity contribution in [1.82, 2.24) is 0 Å². The Morgan fingerprint density at radius 2 is 2.12 bits per heavy atom. The molecule has 0 saturated heterocycles. The minimum atomic E-state index is -3.58. The molecule has 0 heterocycles. The van der Waals surface area contributed by atoms with E-state index in [4.69, 9.17) is 5.14 Å². The van der Waals surface area contributed by atoms with Crippen LogP contribution >= 0.6 is 11.8 Å². The van der Waals surface area contributed by atoms with Crippen molar-refractivity contribution in [3.63, 3.8) is 0 Å². The molecule has 0 spiro atoms. The number of rotatable bonds is 5. The van der Waals surface area contributed by atoms with Crippen molar-refractivity contribution < 1.29 is 17.7 Å². The van der Waals surface area contributed by atoms with Crippen molar-refractivity contribution in [3.8, 4) is 0 Å². The Labute approximate surface area is 101 Å². The molecule has 0 aliphatic heterocycles. The van der Waals surface area contributed by atoms with Crippen LogP contribution in [0.1, 0.15) is 0 Å². The summed E-state index contributed by atoms with van der Waals surface area (Å²) in [7, 11) is -3.58. The fourth-order valence-electron chi connectivity index (χ4n) is 0.988. The molecule has 6 nitrogen and oxygen atoms in total. The highest BCUT2D eigenvalue weighted by Crippen LogP contribution is 2.25. The number of halogens is 1. The van der Waals surface area contributed by atoms with Gasteiger partial charge < -0.3 is 0 Å². The number of nitro groups is 1. The Bertz CT molecular complexity index is 532. The summed E-state index contributed by atoms with van der Waals surface area (Å²) in [5, 5.41) is 15.1. The number of hydrogen-bond acceptors (Lipinski definition) is 5. The number of sulfonamides is 1. The first-order chi connectivity index (χ1) is 7.79. The topological polar surface area (TPSA) is 103 Å². The smallest absolute Gasteiger partial charge is 0.258 e. The Morgan fingerprint density at radius 1 is 1.47 bits per heavy atom. The van der Waals surface area contributed by atoms with Crippen molar-refractivity contribution in [1.29, 1.82) is 0 Å². The maximum absolute atomic E-state index is 13.3. The van der Waals surface area contributed by atoms with Gasteiger partial charge in [0.1, 0.15) is 5.82 Å². The minimum absolute atomic E-state index is 0.0908. The van der Waals surface area contributed by atoms with Gasteiger partial charge >= 0.3 is 0 Å². The lowest BCUT2D eigenvalue weighted by Gasteiger charge is -2.02. The van der Waals surface area contributed by atoms with E-state index in [2.05, 4.69) is 0 Å². The van der Waals surface area contributed by atoms with Crippen LogP contribution in [0, 0.1) is 15.9 Å². The van der Waals surface area contributed by atoms with E-state index in [-0.39, 0.29) is 22.1 Å². The van der Waals surface area contributed by atoms with E-state index in [0.29, 0.717) is 0 Å². The molecule has 0 aromatic heterocycles. The third-order valence-electron chi connectivity index (χ3n) is 1.75. The van der Waals surface area contributed by atoms with E-state index < -0.39 is 20.8 Å². The predicted octanol–water partition coefficient (Wildman–Crippen LogP) is 1.11. The van der Waals surface area contributed by atoms with E-state index in [9.17, 15) is 22.9 Å². The molecule has 0 saturated carbocycles. The fraction of sp³-hybridized carbons (Fsp3) is 0.250. The molecule has 2 N–H and O–H groups in total. The van der Waals surface area contributed by atoms with Crippen LogP contribution in [0.5, 0.6) is 0 Å². The summed E-state index contributed by atoms with van der Waals surface area (Å²) in [5.74, 6) is -0.944. The average molecular weight is 280 g/mol. The quantitative estimate of drug-likeness (QED) is 0.494. The SMILES string of the molecule is NS(=O)(=O)CCSc1ccc([N+](=O)[O-])cc1F. The second kappa shape index (κ2) is 5.43. The molecule has 17 heavy (non-hydrogen) atoms. The summed E-state index contributed by atoms with van der Waals surface area (Å²) >= 11 is 0.938. The number of nitrogens with zero attached hydrogens (tertiary/aromatic N) is 1. The van der Waals surface area contributed by atoms with Crippen molar-refractivity contribution in [2.45, 2.75) is 4.90 Å². The normalized spacial score (nSPS) is 11.4. The number of hydrogen-bond donors (Lipinski definition) is 1. The first kappa shape index (κ1) is 13.9. The summed E-state index contributed by atoms with van der Waals surface area (Å²) in [6.07, 6.45) is 0. The van der Waals surface area contributed by atoms with Gasteiger partial charge in [0.25, 0.3) is 5.69 Å². The zero-order chi connectivity index (χ0) is 13.1. The van der Waals surface area contributed by atoms with Crippen molar-refractivity contribution in [2.24, 2.45) is 5.14 Å². The molecule has 0 fully saturated rings. The number of non-ortho nitro benzene ring substituents is 1. The largest absolute Gasteiger partial charge is 0.272 e. The van der Waals surface area contributed by atoms with Crippen LogP contribution < -0.4 is 5.14 Å². The van der Waals surface area contributed by atoms with E-state index in [1.165, 1.54) is 6.07 Å². The number of benzene rings is 1. The average Bonchev–Trinajstić information content (AvgIpc) is 2.18. The van der Waals surface area contributed by atoms with Gasteiger partial charge in [-0.05, 0) is 6.07 Å². The van der Waals surface area contributed by atoms with E-state index in [1.807, 2.05) is 0 Å². The molecular weight excluding hydrogens is 271 g/mol. The number of thioether (sulfide) groups is 1. The molecule has 0 radical (unpaired) electrons. The van der Waals surface area contributed by atoms with Gasteiger partial charge in [0.15, 0.2) is 0 Å². The monoisotopic (exact) mass is 280 g/mol. The molecule has 9 heteroatoms. The third kappa shape index (κ3) is 4.67. The van der Waals surface area contributed by atoms with Crippen LogP contribution in [0.3, 0.4) is 0 Å². The van der Waals surface area contributed by atoms with Gasteiger partial charge in [-0.1, -0.05) is 0 Å². The van der Waals surface area contributed by atoms with Crippen LogP contribution in [0.4, 0.5) is 10.1 Å². The molecule has 0 aliphatic rings. The molecule has 0 bridgehead atoms. The number of nitrogens with two attached hydrogens (primary N) is 1. The lowest BCUT2D eigenvalue weighted by molar-refractivity contribution is -0.385. The van der Waals surface area contributed by atoms with E-state index >= 15 is 0 Å². The fourth-order valence-corrected chi connectivity index (χ4v) is 2.83. The highest BCUT2D eigenvalue weighted by molar-refractivity contribution is 8.00. The van der Waals surface area contributed by atoms with Crippen LogP contribution in [-0.2, 0) is 10.0 Å². The van der Waals surface area contributed by atoms with Crippen molar-refractivity contribution >= 4 is 27.5 Å². The van der Waals surface area contributed by atoms with Gasteiger partial charge in [0, 0.05) is 16.7 Å². The Morgan fingerprint density at radius 3 is 2.59 bits per heavy atom. The molecule has 0 amide bonds. The molecular formula is C8H9FN2O4S2. The summed E-state index contributed by atoms with van der Waals surface area (Å²) < 4.78 is 34.6. The standard InChI is InChI=1S/C8H9FN2O4S2/c9-7-5-6(11(12)13)1-2-8(7)16-3-4-17(10,14)15/h1-2,5H,3-4H2,(H2,10,14,15). The Kier molecular flexibility index (Phi) is 4.43. The maximum atomic E-state index is 13.3. The molecule has 0 aliphatic carbocycles. The van der Waals surface area contributed by atoms with Gasteiger partial charge in [-0.25, -0.2) is 17.9 Å². The summed E-state index contributed by atoms with van der Waals surface area (Å²) in [4.78, 5) is 9.79. The maximum Gasteiger partial charge on any atom is 0.272 e. The van der Waals surface area contributed by atoms with E-state index in [0.717, 1.165) is 23.9 Å². The first-order valence-electron chi connectivity index (χ1n) is 4.37.